The second kappa shape index (κ2) is 9.99. The lowest BCUT2D eigenvalue weighted by atomic mass is 10.0. The molecule has 8 nitrogen and oxygen atoms in total. The van der Waals surface area contributed by atoms with Crippen LogP contribution in [-0.4, -0.2) is 51.4 Å². The van der Waals surface area contributed by atoms with Gasteiger partial charge in [0, 0.05) is 23.7 Å². The topological polar surface area (TPSA) is 92.7 Å². The first-order chi connectivity index (χ1) is 15.6. The summed E-state index contributed by atoms with van der Waals surface area (Å²) in [6.07, 6.45) is 4.76. The molecule has 3 heterocycles. The summed E-state index contributed by atoms with van der Waals surface area (Å²) in [6.45, 7) is 2.98. The van der Waals surface area contributed by atoms with Gasteiger partial charge in [0.25, 0.3) is 5.91 Å². The highest BCUT2D eigenvalue weighted by molar-refractivity contribution is 6.30. The van der Waals surface area contributed by atoms with E-state index in [1.54, 1.807) is 29.2 Å². The van der Waals surface area contributed by atoms with Crippen LogP contribution in [0.4, 0.5) is 0 Å². The number of furan rings is 1. The molecular weight excluding hydrogens is 432 g/mol. The minimum Gasteiger partial charge on any atom is -0.459 e. The molecule has 1 aromatic carbocycles. The largest absolute Gasteiger partial charge is 0.459 e. The first-order valence-electron chi connectivity index (χ1n) is 10.8. The minimum atomic E-state index is -0.313. The standard InChI is InChI=1S/C23H25ClN4O4/c1-2-12-27(23(30)19-7-5-14-31-19)15-20(29)28-13-4-3-6-18(28)22-25-21(26-32-22)16-8-10-17(24)11-9-16/h5,7-11,14,18H,2-4,6,12-13,15H2,1H3. The van der Waals surface area contributed by atoms with E-state index in [4.69, 9.17) is 20.5 Å². The molecule has 0 aliphatic carbocycles. The Morgan fingerprint density at radius 3 is 2.75 bits per heavy atom. The molecule has 3 aromatic rings. The van der Waals surface area contributed by atoms with E-state index in [1.165, 1.54) is 11.2 Å². The molecule has 168 valence electrons. The molecular formula is C23H25ClN4O4. The number of nitrogens with zero attached hydrogens (tertiary/aromatic N) is 4. The van der Waals surface area contributed by atoms with Gasteiger partial charge in [0.1, 0.15) is 12.6 Å². The Labute approximate surface area is 191 Å². The van der Waals surface area contributed by atoms with Crippen LogP contribution in [0.2, 0.25) is 5.02 Å². The second-order valence-electron chi connectivity index (χ2n) is 7.77. The third-order valence-corrected chi connectivity index (χ3v) is 5.74. The van der Waals surface area contributed by atoms with Gasteiger partial charge in [0.2, 0.25) is 17.6 Å². The van der Waals surface area contributed by atoms with Crippen LogP contribution in [0.25, 0.3) is 11.4 Å². The molecule has 1 atom stereocenters. The lowest BCUT2D eigenvalue weighted by molar-refractivity contribution is -0.136. The second-order valence-corrected chi connectivity index (χ2v) is 8.20. The molecule has 32 heavy (non-hydrogen) atoms. The lowest BCUT2D eigenvalue weighted by Gasteiger charge is -2.35. The predicted molar refractivity (Wildman–Crippen MR) is 118 cm³/mol. The molecule has 1 saturated heterocycles. The SMILES string of the molecule is CCCN(CC(=O)N1CCCCC1c1nc(-c2ccc(Cl)cc2)no1)C(=O)c1ccco1. The average Bonchev–Trinajstić information content (AvgIpc) is 3.51. The minimum absolute atomic E-state index is 0.0257. The van der Waals surface area contributed by atoms with Crippen LogP contribution < -0.4 is 0 Å². The van der Waals surface area contributed by atoms with E-state index in [0.29, 0.717) is 29.8 Å². The van der Waals surface area contributed by atoms with Crippen molar-refractivity contribution >= 4 is 23.4 Å². The molecule has 0 saturated carbocycles. The summed E-state index contributed by atoms with van der Waals surface area (Å²) in [7, 11) is 0. The highest BCUT2D eigenvalue weighted by Gasteiger charge is 2.33. The Balaban J connectivity index is 1.50. The maximum absolute atomic E-state index is 13.3. The highest BCUT2D eigenvalue weighted by Crippen LogP contribution is 2.31. The number of likely N-dealkylation sites (tertiary alicyclic amines) is 1. The number of piperidine rings is 1. The van der Waals surface area contributed by atoms with Crippen molar-refractivity contribution in [3.8, 4) is 11.4 Å². The van der Waals surface area contributed by atoms with Gasteiger partial charge in [-0.25, -0.2) is 0 Å². The van der Waals surface area contributed by atoms with Crippen molar-refractivity contribution in [3.63, 3.8) is 0 Å². The number of hydrogen-bond donors (Lipinski definition) is 0. The number of rotatable bonds is 7. The van der Waals surface area contributed by atoms with Crippen molar-refractivity contribution in [2.75, 3.05) is 19.6 Å². The van der Waals surface area contributed by atoms with E-state index in [0.717, 1.165) is 31.2 Å². The number of carbonyl (C=O) groups excluding carboxylic acids is 2. The van der Waals surface area contributed by atoms with Crippen molar-refractivity contribution < 1.29 is 18.5 Å². The summed E-state index contributed by atoms with van der Waals surface area (Å²) in [6, 6.07) is 10.1. The van der Waals surface area contributed by atoms with E-state index >= 15 is 0 Å². The van der Waals surface area contributed by atoms with Crippen LogP contribution >= 0.6 is 11.6 Å². The van der Waals surface area contributed by atoms with Crippen molar-refractivity contribution in [3.05, 3.63) is 59.3 Å². The summed E-state index contributed by atoms with van der Waals surface area (Å²) in [5, 5.41) is 4.72. The zero-order valence-corrected chi connectivity index (χ0v) is 18.6. The van der Waals surface area contributed by atoms with Crippen LogP contribution in [-0.2, 0) is 4.79 Å². The van der Waals surface area contributed by atoms with Gasteiger partial charge >= 0.3 is 0 Å². The van der Waals surface area contributed by atoms with E-state index < -0.39 is 0 Å². The molecule has 1 fully saturated rings. The van der Waals surface area contributed by atoms with E-state index in [9.17, 15) is 9.59 Å². The summed E-state index contributed by atoms with van der Waals surface area (Å²) in [4.78, 5) is 33.8. The third-order valence-electron chi connectivity index (χ3n) is 5.49. The van der Waals surface area contributed by atoms with Gasteiger partial charge in [-0.05, 0) is 62.1 Å². The molecule has 9 heteroatoms. The van der Waals surface area contributed by atoms with Gasteiger partial charge in [-0.2, -0.15) is 4.98 Å². The first-order valence-corrected chi connectivity index (χ1v) is 11.2. The van der Waals surface area contributed by atoms with E-state index in [1.807, 2.05) is 19.1 Å². The van der Waals surface area contributed by atoms with E-state index in [2.05, 4.69) is 10.1 Å². The number of benzene rings is 1. The number of carbonyl (C=O) groups is 2. The molecule has 1 aliphatic heterocycles. The van der Waals surface area contributed by atoms with Gasteiger partial charge in [0.05, 0.1) is 6.26 Å². The van der Waals surface area contributed by atoms with Gasteiger partial charge in [0.15, 0.2) is 5.76 Å². The van der Waals surface area contributed by atoms with Crippen molar-refractivity contribution in [2.45, 2.75) is 38.6 Å². The van der Waals surface area contributed by atoms with Crippen LogP contribution in [0.5, 0.6) is 0 Å². The summed E-state index contributed by atoms with van der Waals surface area (Å²) in [5.41, 5.74) is 0.788. The van der Waals surface area contributed by atoms with Gasteiger partial charge in [-0.3, -0.25) is 9.59 Å². The first kappa shape index (κ1) is 22.1. The molecule has 2 amide bonds. The average molecular weight is 457 g/mol. The van der Waals surface area contributed by atoms with Crippen molar-refractivity contribution in [1.82, 2.24) is 19.9 Å². The van der Waals surface area contributed by atoms with Crippen LogP contribution in [0.15, 0.2) is 51.6 Å². The zero-order chi connectivity index (χ0) is 22.5. The molecule has 2 aromatic heterocycles. The Morgan fingerprint density at radius 2 is 2.03 bits per heavy atom. The molecule has 1 aliphatic rings. The quantitative estimate of drug-likeness (QED) is 0.516. The molecule has 4 rings (SSSR count). The zero-order valence-electron chi connectivity index (χ0n) is 17.9. The maximum Gasteiger partial charge on any atom is 0.290 e. The van der Waals surface area contributed by atoms with Gasteiger partial charge in [-0.1, -0.05) is 23.7 Å². The maximum atomic E-state index is 13.3. The van der Waals surface area contributed by atoms with Crippen LogP contribution in [0.1, 0.15) is 55.1 Å². The van der Waals surface area contributed by atoms with Crippen LogP contribution in [0.3, 0.4) is 0 Å². The predicted octanol–water partition coefficient (Wildman–Crippen LogP) is 4.59. The van der Waals surface area contributed by atoms with E-state index in [-0.39, 0.29) is 30.2 Å². The number of amides is 2. The molecule has 1 unspecified atom stereocenters. The molecule has 0 radical (unpaired) electrons. The highest BCUT2D eigenvalue weighted by atomic mass is 35.5. The molecule has 0 spiro atoms. The van der Waals surface area contributed by atoms with Crippen molar-refractivity contribution in [1.29, 1.82) is 0 Å². The summed E-state index contributed by atoms with van der Waals surface area (Å²) >= 11 is 5.96. The normalized spacial score (nSPS) is 16.2. The van der Waals surface area contributed by atoms with Crippen LogP contribution in [0, 0.1) is 0 Å². The van der Waals surface area contributed by atoms with Gasteiger partial charge < -0.3 is 18.7 Å². The summed E-state index contributed by atoms with van der Waals surface area (Å²) < 4.78 is 10.8. The molecule has 0 bridgehead atoms. The smallest absolute Gasteiger partial charge is 0.290 e. The fourth-order valence-electron chi connectivity index (χ4n) is 3.91. The fraction of sp³-hybridized carbons (Fsp3) is 0.391. The fourth-order valence-corrected chi connectivity index (χ4v) is 4.03. The number of hydrogen-bond acceptors (Lipinski definition) is 6. The van der Waals surface area contributed by atoms with Crippen molar-refractivity contribution in [2.24, 2.45) is 0 Å². The Bertz CT molecular complexity index is 1050. The Kier molecular flexibility index (Phi) is 6.90. The monoisotopic (exact) mass is 456 g/mol. The Hall–Kier alpha value is -3.13. The number of halogens is 1. The van der Waals surface area contributed by atoms with Gasteiger partial charge in [-0.15, -0.1) is 0 Å². The summed E-state index contributed by atoms with van der Waals surface area (Å²) in [5.74, 6) is 0.652. The lowest BCUT2D eigenvalue weighted by Crippen LogP contribution is -2.46. The molecule has 0 N–H and O–H groups in total. The number of aromatic nitrogens is 2. The third kappa shape index (κ3) is 4.85. The Morgan fingerprint density at radius 1 is 1.22 bits per heavy atom.